The maximum atomic E-state index is 12.9. The summed E-state index contributed by atoms with van der Waals surface area (Å²) in [5, 5.41) is 10.4. The van der Waals surface area contributed by atoms with E-state index in [0.29, 0.717) is 38.6 Å². The van der Waals surface area contributed by atoms with E-state index in [2.05, 4.69) is 13.8 Å². The van der Waals surface area contributed by atoms with Crippen LogP contribution in [0, 0.1) is 0 Å². The average Bonchev–Trinajstić information content (AvgIpc) is 2.78. The van der Waals surface area contributed by atoms with Gasteiger partial charge >= 0.3 is 0 Å². The number of carbonyl (C=O) groups excluding carboxylic acids is 1. The number of piperazine rings is 1. The zero-order valence-corrected chi connectivity index (χ0v) is 19.3. The molecule has 3 N–H and O–H groups in total. The lowest BCUT2D eigenvalue weighted by atomic mass is 10.0. The van der Waals surface area contributed by atoms with Crippen LogP contribution >= 0.6 is 0 Å². The van der Waals surface area contributed by atoms with Crippen LogP contribution in [-0.2, 0) is 10.0 Å². The van der Waals surface area contributed by atoms with Gasteiger partial charge in [-0.1, -0.05) is 32.0 Å². The molecule has 1 aliphatic heterocycles. The molecule has 0 bridgehead atoms. The van der Waals surface area contributed by atoms with Crippen molar-refractivity contribution in [2.75, 3.05) is 39.3 Å². The Kier molecular flexibility index (Phi) is 7.89. The van der Waals surface area contributed by atoms with Crippen molar-refractivity contribution < 1.29 is 23.1 Å². The van der Waals surface area contributed by atoms with Crippen LogP contribution in [0.15, 0.2) is 53.4 Å². The van der Waals surface area contributed by atoms with E-state index in [0.717, 1.165) is 11.3 Å². The Bertz CT molecular complexity index is 1020. The number of aliphatic hydroxyl groups is 1. The summed E-state index contributed by atoms with van der Waals surface area (Å²) < 4.78 is 33.0. The van der Waals surface area contributed by atoms with E-state index < -0.39 is 22.0 Å². The summed E-state index contributed by atoms with van der Waals surface area (Å²) in [6.07, 6.45) is -0.681. The van der Waals surface area contributed by atoms with Crippen LogP contribution in [0.4, 0.5) is 0 Å². The van der Waals surface area contributed by atoms with Crippen LogP contribution in [-0.4, -0.2) is 74.1 Å². The fourth-order valence-corrected chi connectivity index (χ4v) is 5.14. The maximum Gasteiger partial charge on any atom is 0.248 e. The van der Waals surface area contributed by atoms with Crippen molar-refractivity contribution in [1.82, 2.24) is 9.21 Å². The lowest BCUT2D eigenvalue weighted by molar-refractivity contribution is 0.0565. The van der Waals surface area contributed by atoms with Crippen LogP contribution in [0.5, 0.6) is 5.75 Å². The van der Waals surface area contributed by atoms with Crippen LogP contribution < -0.4 is 10.5 Å². The number of β-amino-alcohol motifs (C(OH)–C–C–N with tert-alkyl or cyclic N) is 1. The number of rotatable bonds is 9. The minimum Gasteiger partial charge on any atom is -0.491 e. The van der Waals surface area contributed by atoms with E-state index in [9.17, 15) is 18.3 Å². The molecule has 2 aromatic carbocycles. The Hall–Kier alpha value is -2.46. The molecule has 1 amide bonds. The zero-order valence-electron chi connectivity index (χ0n) is 18.5. The predicted molar refractivity (Wildman–Crippen MR) is 122 cm³/mol. The Balaban J connectivity index is 1.50. The van der Waals surface area contributed by atoms with Gasteiger partial charge in [0, 0.05) is 38.3 Å². The van der Waals surface area contributed by atoms with Gasteiger partial charge in [0.25, 0.3) is 0 Å². The summed E-state index contributed by atoms with van der Waals surface area (Å²) in [7, 11) is -3.65. The number of para-hydroxylation sites is 1. The number of benzene rings is 2. The molecule has 3 rings (SSSR count). The van der Waals surface area contributed by atoms with Crippen molar-refractivity contribution in [2.24, 2.45) is 5.73 Å². The molecule has 0 spiro atoms. The SMILES string of the molecule is CC(C)c1ccccc1OCC(O)CN1CCN(S(=O)(=O)c2ccc(C(N)=O)cc2)CC1. The standard InChI is InChI=1S/C23H31N3O5S/c1-17(2)21-5-3-4-6-22(21)31-16-19(27)15-25-11-13-26(14-12-25)32(29,30)20-9-7-18(8-10-20)23(24)28/h3-10,17,19,27H,11-16H2,1-2H3,(H2,24,28). The summed E-state index contributed by atoms with van der Waals surface area (Å²) >= 11 is 0. The van der Waals surface area contributed by atoms with Gasteiger partial charge in [0.05, 0.1) is 4.90 Å². The molecule has 1 fully saturated rings. The second-order valence-electron chi connectivity index (χ2n) is 8.25. The first-order valence-corrected chi connectivity index (χ1v) is 12.1. The third-order valence-corrected chi connectivity index (χ3v) is 7.46. The van der Waals surface area contributed by atoms with Crippen molar-refractivity contribution in [2.45, 2.75) is 30.8 Å². The van der Waals surface area contributed by atoms with E-state index in [1.807, 2.05) is 29.2 Å². The number of amides is 1. The predicted octanol–water partition coefficient (Wildman–Crippen LogP) is 1.66. The van der Waals surface area contributed by atoms with Crippen molar-refractivity contribution in [3.8, 4) is 5.75 Å². The highest BCUT2D eigenvalue weighted by atomic mass is 32.2. The number of nitrogens with zero attached hydrogens (tertiary/aromatic N) is 2. The van der Waals surface area contributed by atoms with Crippen molar-refractivity contribution in [3.05, 3.63) is 59.7 Å². The number of ether oxygens (including phenoxy) is 1. The van der Waals surface area contributed by atoms with E-state index in [1.165, 1.54) is 28.6 Å². The van der Waals surface area contributed by atoms with Gasteiger partial charge in [-0.05, 0) is 41.8 Å². The quantitative estimate of drug-likeness (QED) is 0.587. The molecule has 1 saturated heterocycles. The van der Waals surface area contributed by atoms with Crippen molar-refractivity contribution in [1.29, 1.82) is 0 Å². The number of aliphatic hydroxyl groups excluding tert-OH is 1. The summed E-state index contributed by atoms with van der Waals surface area (Å²) in [6, 6.07) is 13.4. The summed E-state index contributed by atoms with van der Waals surface area (Å²) in [6.45, 7) is 6.44. The minimum atomic E-state index is -3.65. The lowest BCUT2D eigenvalue weighted by Crippen LogP contribution is -2.50. The smallest absolute Gasteiger partial charge is 0.248 e. The van der Waals surface area contributed by atoms with Crippen molar-refractivity contribution >= 4 is 15.9 Å². The van der Waals surface area contributed by atoms with Gasteiger partial charge in [-0.2, -0.15) is 4.31 Å². The monoisotopic (exact) mass is 461 g/mol. The summed E-state index contributed by atoms with van der Waals surface area (Å²) in [4.78, 5) is 13.4. The fraction of sp³-hybridized carbons (Fsp3) is 0.435. The molecule has 0 aromatic heterocycles. The molecule has 0 saturated carbocycles. The number of carbonyl (C=O) groups is 1. The first kappa shape index (κ1) is 24.2. The summed E-state index contributed by atoms with van der Waals surface area (Å²) in [5.41, 5.74) is 6.58. The first-order valence-electron chi connectivity index (χ1n) is 10.7. The number of nitrogens with two attached hydrogens (primary N) is 1. The second-order valence-corrected chi connectivity index (χ2v) is 10.2. The number of hydrogen-bond donors (Lipinski definition) is 2. The molecule has 9 heteroatoms. The van der Waals surface area contributed by atoms with E-state index in [1.54, 1.807) is 0 Å². The largest absolute Gasteiger partial charge is 0.491 e. The number of hydrogen-bond acceptors (Lipinski definition) is 6. The Morgan fingerprint density at radius 3 is 2.28 bits per heavy atom. The summed E-state index contributed by atoms with van der Waals surface area (Å²) in [5.74, 6) is 0.503. The van der Waals surface area contributed by atoms with Gasteiger partial charge in [0.2, 0.25) is 15.9 Å². The van der Waals surface area contributed by atoms with Gasteiger partial charge in [0.1, 0.15) is 18.5 Å². The molecule has 8 nitrogen and oxygen atoms in total. The second kappa shape index (κ2) is 10.4. The maximum absolute atomic E-state index is 12.9. The molecule has 1 unspecified atom stereocenters. The highest BCUT2D eigenvalue weighted by Crippen LogP contribution is 2.26. The molecule has 174 valence electrons. The van der Waals surface area contributed by atoms with Crippen LogP contribution in [0.2, 0.25) is 0 Å². The Morgan fingerprint density at radius 1 is 1.06 bits per heavy atom. The van der Waals surface area contributed by atoms with E-state index in [-0.39, 0.29) is 17.1 Å². The fourth-order valence-electron chi connectivity index (χ4n) is 3.72. The molecule has 1 heterocycles. The van der Waals surface area contributed by atoms with Gasteiger partial charge in [-0.3, -0.25) is 9.69 Å². The molecule has 32 heavy (non-hydrogen) atoms. The molecule has 0 radical (unpaired) electrons. The van der Waals surface area contributed by atoms with Gasteiger partial charge < -0.3 is 15.6 Å². The van der Waals surface area contributed by atoms with Crippen LogP contribution in [0.1, 0.15) is 35.7 Å². The minimum absolute atomic E-state index is 0.133. The topological polar surface area (TPSA) is 113 Å². The van der Waals surface area contributed by atoms with E-state index >= 15 is 0 Å². The van der Waals surface area contributed by atoms with Gasteiger partial charge in [-0.15, -0.1) is 0 Å². The highest BCUT2D eigenvalue weighted by Gasteiger charge is 2.29. The highest BCUT2D eigenvalue weighted by molar-refractivity contribution is 7.89. The van der Waals surface area contributed by atoms with Crippen LogP contribution in [0.3, 0.4) is 0 Å². The van der Waals surface area contributed by atoms with Crippen molar-refractivity contribution in [3.63, 3.8) is 0 Å². The zero-order chi connectivity index (χ0) is 23.3. The molecule has 1 atom stereocenters. The average molecular weight is 462 g/mol. The third kappa shape index (κ3) is 5.86. The number of primary amides is 1. The Labute approximate surface area is 189 Å². The first-order chi connectivity index (χ1) is 15.2. The van der Waals surface area contributed by atoms with Crippen LogP contribution in [0.25, 0.3) is 0 Å². The lowest BCUT2D eigenvalue weighted by Gasteiger charge is -2.34. The third-order valence-electron chi connectivity index (χ3n) is 5.55. The van der Waals surface area contributed by atoms with Gasteiger partial charge in [0.15, 0.2) is 0 Å². The number of sulfonamides is 1. The molecule has 0 aliphatic carbocycles. The molecular weight excluding hydrogens is 430 g/mol. The molecule has 2 aromatic rings. The Morgan fingerprint density at radius 2 is 1.69 bits per heavy atom. The van der Waals surface area contributed by atoms with E-state index in [4.69, 9.17) is 10.5 Å². The van der Waals surface area contributed by atoms with Gasteiger partial charge in [-0.25, -0.2) is 8.42 Å². The molecular formula is C23H31N3O5S. The molecule has 1 aliphatic rings. The normalized spacial score (nSPS) is 16.8.